The molecule has 0 saturated heterocycles. The lowest BCUT2D eigenvalue weighted by Crippen LogP contribution is -2.24. The molecule has 1 aliphatic carbocycles. The summed E-state index contributed by atoms with van der Waals surface area (Å²) in [6, 6.07) is -0.299. The number of pyridine rings is 2. The van der Waals surface area contributed by atoms with Crippen LogP contribution in [0.3, 0.4) is 0 Å². The van der Waals surface area contributed by atoms with Crippen LogP contribution in [0.5, 0.6) is 5.75 Å². The molecule has 0 aromatic carbocycles. The maximum absolute atomic E-state index is 14.1. The van der Waals surface area contributed by atoms with Crippen LogP contribution in [0.25, 0.3) is 11.0 Å². The van der Waals surface area contributed by atoms with Crippen molar-refractivity contribution in [3.05, 3.63) is 34.0 Å². The predicted octanol–water partition coefficient (Wildman–Crippen LogP) is 2.61. The van der Waals surface area contributed by atoms with Crippen molar-refractivity contribution in [2.45, 2.75) is 31.3 Å². The number of rotatable bonds is 5. The van der Waals surface area contributed by atoms with Gasteiger partial charge in [-0.1, -0.05) is 0 Å². The number of fused-ring (bicyclic) bond motifs is 1. The van der Waals surface area contributed by atoms with Crippen molar-refractivity contribution in [2.24, 2.45) is 0 Å². The van der Waals surface area contributed by atoms with Gasteiger partial charge in [0, 0.05) is 12.2 Å². The van der Waals surface area contributed by atoms with Gasteiger partial charge in [-0.2, -0.15) is 13.2 Å². The van der Waals surface area contributed by atoms with Gasteiger partial charge in [0.1, 0.15) is 16.6 Å². The van der Waals surface area contributed by atoms with Gasteiger partial charge in [-0.3, -0.25) is 4.79 Å². The van der Waals surface area contributed by atoms with Gasteiger partial charge in [-0.15, -0.1) is 0 Å². The highest BCUT2D eigenvalue weighted by Gasteiger charge is 2.41. The first-order valence-corrected chi connectivity index (χ1v) is 8.80. The molecule has 2 heterocycles. The van der Waals surface area contributed by atoms with E-state index in [2.05, 4.69) is 9.17 Å². The van der Waals surface area contributed by atoms with Crippen LogP contribution in [0, 0.1) is 5.82 Å². The summed E-state index contributed by atoms with van der Waals surface area (Å²) in [5.74, 6) is -3.28. The third-order valence-electron chi connectivity index (χ3n) is 3.73. The molecule has 1 fully saturated rings. The first-order valence-electron chi connectivity index (χ1n) is 7.72. The maximum atomic E-state index is 14.1. The molecule has 27 heavy (non-hydrogen) atoms. The Morgan fingerprint density at radius 1 is 1.41 bits per heavy atom. The highest BCUT2D eigenvalue weighted by atomic mass is 32.2. The number of hydrogen-bond donors (Lipinski definition) is 0. The van der Waals surface area contributed by atoms with E-state index < -0.39 is 56.2 Å². The molecule has 1 aliphatic rings. The number of halogens is 4. The van der Waals surface area contributed by atoms with Gasteiger partial charge >= 0.3 is 22.6 Å². The number of ether oxygens (including phenoxy) is 1. The van der Waals surface area contributed by atoms with E-state index in [9.17, 15) is 31.4 Å². The molecule has 0 amide bonds. The smallest absolute Gasteiger partial charge is 0.462 e. The van der Waals surface area contributed by atoms with E-state index in [1.165, 1.54) is 11.5 Å². The van der Waals surface area contributed by atoms with Crippen LogP contribution in [0.1, 0.15) is 36.2 Å². The molecular weight excluding hydrogens is 396 g/mol. The number of nitrogens with zero attached hydrogens (tertiary/aromatic N) is 2. The largest absolute Gasteiger partial charge is 0.508 e. The molecule has 3 rings (SSSR count). The Morgan fingerprint density at radius 2 is 2.07 bits per heavy atom. The Labute approximate surface area is 151 Å². The van der Waals surface area contributed by atoms with Crippen LogP contribution in [0.4, 0.5) is 17.6 Å². The van der Waals surface area contributed by atoms with E-state index in [1.54, 1.807) is 0 Å². The standard InChI is InChI=1S/C15H12F4N2O5S/c1-2-25-14(23)8-6-21(7-3-4-7)11-10(12(8)22)20-5-9(16)13(11)26-27(24)15(17,18)19/h5-7H,2-4H2,1H3. The topological polar surface area (TPSA) is 87.5 Å². The Kier molecular flexibility index (Phi) is 4.93. The van der Waals surface area contributed by atoms with Crippen molar-refractivity contribution in [1.29, 1.82) is 0 Å². The Morgan fingerprint density at radius 3 is 2.63 bits per heavy atom. The third-order valence-corrected chi connectivity index (χ3v) is 4.43. The summed E-state index contributed by atoms with van der Waals surface area (Å²) in [6.45, 7) is 1.53. The van der Waals surface area contributed by atoms with Crippen molar-refractivity contribution in [3.63, 3.8) is 0 Å². The Balaban J connectivity index is 2.27. The molecule has 1 atom stereocenters. The fraction of sp³-hybridized carbons (Fsp3) is 0.400. The zero-order valence-electron chi connectivity index (χ0n) is 13.7. The van der Waals surface area contributed by atoms with Crippen molar-refractivity contribution in [1.82, 2.24) is 9.55 Å². The number of esters is 1. The summed E-state index contributed by atoms with van der Waals surface area (Å²) < 4.78 is 73.5. The quantitative estimate of drug-likeness (QED) is 0.558. The highest BCUT2D eigenvalue weighted by Crippen LogP contribution is 2.40. The molecular formula is C15H12F4N2O5S. The van der Waals surface area contributed by atoms with E-state index in [4.69, 9.17) is 4.74 Å². The second-order valence-electron chi connectivity index (χ2n) is 5.63. The van der Waals surface area contributed by atoms with Gasteiger partial charge < -0.3 is 13.5 Å². The van der Waals surface area contributed by atoms with Crippen molar-refractivity contribution in [2.75, 3.05) is 6.61 Å². The molecule has 12 heteroatoms. The minimum absolute atomic E-state index is 0.00445. The van der Waals surface area contributed by atoms with E-state index in [0.717, 1.165) is 6.20 Å². The van der Waals surface area contributed by atoms with E-state index in [0.29, 0.717) is 19.0 Å². The lowest BCUT2D eigenvalue weighted by atomic mass is 10.2. The van der Waals surface area contributed by atoms with Crippen LogP contribution in [0.2, 0.25) is 0 Å². The number of carbonyl (C=O) groups excluding carboxylic acids is 1. The number of alkyl halides is 3. The molecule has 1 unspecified atom stereocenters. The first-order chi connectivity index (χ1) is 12.6. The summed E-state index contributed by atoms with van der Waals surface area (Å²) in [5.41, 5.74) is -7.48. The summed E-state index contributed by atoms with van der Waals surface area (Å²) in [4.78, 5) is 28.1. The normalized spacial score (nSPS) is 15.6. The number of aromatic nitrogens is 2. The van der Waals surface area contributed by atoms with Gasteiger partial charge in [0.2, 0.25) is 11.2 Å². The van der Waals surface area contributed by atoms with Gasteiger partial charge in [0.25, 0.3) is 0 Å². The molecule has 146 valence electrons. The van der Waals surface area contributed by atoms with E-state index >= 15 is 0 Å². The van der Waals surface area contributed by atoms with Crippen LogP contribution in [0.15, 0.2) is 17.2 Å². The molecule has 0 N–H and O–H groups in total. The second kappa shape index (κ2) is 6.91. The van der Waals surface area contributed by atoms with Crippen molar-refractivity contribution in [3.8, 4) is 5.75 Å². The fourth-order valence-electron chi connectivity index (χ4n) is 2.45. The summed E-state index contributed by atoms with van der Waals surface area (Å²) in [6.07, 6.45) is 2.71. The predicted molar refractivity (Wildman–Crippen MR) is 85.0 cm³/mol. The van der Waals surface area contributed by atoms with Crippen molar-refractivity contribution >= 4 is 28.1 Å². The first kappa shape index (κ1) is 19.3. The van der Waals surface area contributed by atoms with Crippen LogP contribution in [-0.2, 0) is 15.8 Å². The zero-order valence-corrected chi connectivity index (χ0v) is 14.5. The third kappa shape index (κ3) is 3.66. The lowest BCUT2D eigenvalue weighted by Gasteiger charge is -2.16. The molecule has 0 radical (unpaired) electrons. The molecule has 2 aromatic heterocycles. The molecule has 0 spiro atoms. The molecule has 2 aromatic rings. The van der Waals surface area contributed by atoms with E-state index in [1.807, 2.05) is 0 Å². The lowest BCUT2D eigenvalue weighted by molar-refractivity contribution is -0.0438. The zero-order chi connectivity index (χ0) is 19.9. The SMILES string of the molecule is CCOC(=O)c1cn(C2CC2)c2c(OS(=O)C(F)(F)F)c(F)cnc2c1=O. The molecule has 7 nitrogen and oxygen atoms in total. The minimum atomic E-state index is -5.25. The van der Waals surface area contributed by atoms with Crippen LogP contribution in [-0.4, -0.2) is 31.8 Å². The van der Waals surface area contributed by atoms with Crippen molar-refractivity contribution < 1.29 is 35.5 Å². The number of hydrogen-bond acceptors (Lipinski definition) is 6. The Hall–Kier alpha value is -2.50. The van der Waals surface area contributed by atoms with Gasteiger partial charge in [0.05, 0.1) is 12.8 Å². The van der Waals surface area contributed by atoms with Gasteiger partial charge in [0.15, 0.2) is 5.82 Å². The van der Waals surface area contributed by atoms with Crippen LogP contribution < -0.4 is 9.61 Å². The van der Waals surface area contributed by atoms with Gasteiger partial charge in [-0.05, 0) is 19.8 Å². The summed E-state index contributed by atoms with van der Waals surface area (Å²) >= 11 is -3.85. The second-order valence-corrected chi connectivity index (χ2v) is 6.73. The monoisotopic (exact) mass is 408 g/mol. The number of carbonyl (C=O) groups is 1. The van der Waals surface area contributed by atoms with E-state index in [-0.39, 0.29) is 12.6 Å². The summed E-state index contributed by atoms with van der Waals surface area (Å²) in [5, 5.41) is 0. The molecule has 1 saturated carbocycles. The molecule has 0 bridgehead atoms. The highest BCUT2D eigenvalue weighted by molar-refractivity contribution is 7.81. The molecule has 0 aliphatic heterocycles. The fourth-order valence-corrected chi connectivity index (χ4v) is 2.86. The Bertz CT molecular complexity index is 1000. The average Bonchev–Trinajstić information content (AvgIpc) is 3.41. The summed E-state index contributed by atoms with van der Waals surface area (Å²) in [7, 11) is 0. The maximum Gasteiger partial charge on any atom is 0.508 e. The average molecular weight is 408 g/mol. The van der Waals surface area contributed by atoms with Crippen LogP contribution >= 0.6 is 0 Å². The van der Waals surface area contributed by atoms with Gasteiger partial charge in [-0.25, -0.2) is 18.4 Å². The minimum Gasteiger partial charge on any atom is -0.462 e.